The van der Waals surface area contributed by atoms with Gasteiger partial charge in [0, 0.05) is 17.0 Å². The number of amides is 1. The summed E-state index contributed by atoms with van der Waals surface area (Å²) in [5.41, 5.74) is 2.63. The minimum Gasteiger partial charge on any atom is -0.493 e. The van der Waals surface area contributed by atoms with Crippen molar-refractivity contribution in [3.8, 4) is 28.7 Å². The molecule has 0 fully saturated rings. The summed E-state index contributed by atoms with van der Waals surface area (Å²) in [6.45, 7) is 0. The minimum atomic E-state index is -0.121. The topological polar surface area (TPSA) is 87.5 Å². The highest BCUT2D eigenvalue weighted by Crippen LogP contribution is 2.31. The highest BCUT2D eigenvalue weighted by molar-refractivity contribution is 7.99. The molecule has 1 amide bonds. The quantitative estimate of drug-likeness (QED) is 0.152. The maximum absolute atomic E-state index is 12.9. The van der Waals surface area contributed by atoms with Crippen molar-refractivity contribution >= 4 is 35.1 Å². The Balaban J connectivity index is 1.40. The van der Waals surface area contributed by atoms with E-state index in [2.05, 4.69) is 15.5 Å². The molecule has 1 aromatic heterocycles. The zero-order valence-electron chi connectivity index (χ0n) is 23.4. The summed E-state index contributed by atoms with van der Waals surface area (Å²) >= 11 is 2.92. The second-order valence-electron chi connectivity index (χ2n) is 9.05. The van der Waals surface area contributed by atoms with Gasteiger partial charge in [-0.25, -0.2) is 0 Å². The van der Waals surface area contributed by atoms with Crippen LogP contribution >= 0.6 is 23.5 Å². The van der Waals surface area contributed by atoms with E-state index >= 15 is 0 Å². The van der Waals surface area contributed by atoms with E-state index in [0.29, 0.717) is 28.8 Å². The van der Waals surface area contributed by atoms with Crippen LogP contribution in [0.5, 0.6) is 23.0 Å². The van der Waals surface area contributed by atoms with E-state index in [1.807, 2.05) is 108 Å². The second-order valence-corrected chi connectivity index (χ2v) is 10.8. The summed E-state index contributed by atoms with van der Waals surface area (Å²) in [4.78, 5) is 13.9. The molecule has 214 valence electrons. The van der Waals surface area contributed by atoms with Crippen LogP contribution in [0.25, 0.3) is 5.69 Å². The van der Waals surface area contributed by atoms with Gasteiger partial charge in [-0.15, -0.1) is 22.0 Å². The molecule has 1 N–H and O–H groups in total. The first-order valence-corrected chi connectivity index (χ1v) is 15.3. The maximum Gasteiger partial charge on any atom is 0.234 e. The summed E-state index contributed by atoms with van der Waals surface area (Å²) in [5, 5.41) is 12.6. The van der Waals surface area contributed by atoms with Crippen molar-refractivity contribution in [3.63, 3.8) is 0 Å². The average molecular weight is 599 g/mol. The lowest BCUT2D eigenvalue weighted by atomic mass is 10.1. The fourth-order valence-corrected chi connectivity index (χ4v) is 5.62. The lowest BCUT2D eigenvalue weighted by Crippen LogP contribution is -2.15. The lowest BCUT2D eigenvalue weighted by molar-refractivity contribution is -0.113. The Bertz CT molecular complexity index is 1640. The Hall–Kier alpha value is -4.41. The number of ether oxygens (including phenoxy) is 3. The SMILES string of the molecule is COc1ccc(Cc2nnc(SCC(=O)Nc3ccccc3SC)n2-c2ccc(Oc3ccccc3)cc2)cc1OC. The summed E-state index contributed by atoms with van der Waals surface area (Å²) in [6.07, 6.45) is 2.47. The maximum atomic E-state index is 12.9. The first-order chi connectivity index (χ1) is 20.6. The van der Waals surface area contributed by atoms with Crippen molar-refractivity contribution in [1.82, 2.24) is 14.8 Å². The number of aromatic nitrogens is 3. The molecule has 5 rings (SSSR count). The van der Waals surface area contributed by atoms with E-state index in [1.54, 1.807) is 26.0 Å². The molecule has 0 saturated carbocycles. The van der Waals surface area contributed by atoms with E-state index in [1.165, 1.54) is 11.8 Å². The van der Waals surface area contributed by atoms with Gasteiger partial charge in [0.25, 0.3) is 0 Å². The van der Waals surface area contributed by atoms with Crippen LogP contribution in [0.3, 0.4) is 0 Å². The second kappa shape index (κ2) is 14.0. The van der Waals surface area contributed by atoms with Crippen LogP contribution in [0.1, 0.15) is 11.4 Å². The first-order valence-electron chi connectivity index (χ1n) is 13.1. The van der Waals surface area contributed by atoms with E-state index in [4.69, 9.17) is 14.2 Å². The average Bonchev–Trinajstić information content (AvgIpc) is 3.43. The third-order valence-corrected chi connectivity index (χ3v) is 8.02. The van der Waals surface area contributed by atoms with Gasteiger partial charge in [-0.3, -0.25) is 9.36 Å². The Morgan fingerprint density at radius 3 is 2.29 bits per heavy atom. The van der Waals surface area contributed by atoms with Crippen LogP contribution in [0.2, 0.25) is 0 Å². The van der Waals surface area contributed by atoms with Crippen molar-refractivity contribution in [1.29, 1.82) is 0 Å². The molecule has 4 aromatic carbocycles. The molecular weight excluding hydrogens is 569 g/mol. The predicted octanol–water partition coefficient (Wildman–Crippen LogP) is 7.12. The number of thioether (sulfide) groups is 2. The van der Waals surface area contributed by atoms with Crippen molar-refractivity contribution in [3.05, 3.63) is 108 Å². The number of nitrogens with zero attached hydrogens (tertiary/aromatic N) is 3. The molecule has 0 unspecified atom stereocenters. The van der Waals surface area contributed by atoms with E-state index in [9.17, 15) is 4.79 Å². The third-order valence-electron chi connectivity index (χ3n) is 6.30. The number of hydrogen-bond acceptors (Lipinski definition) is 8. The molecule has 0 radical (unpaired) electrons. The van der Waals surface area contributed by atoms with Crippen molar-refractivity contribution in [2.24, 2.45) is 0 Å². The van der Waals surface area contributed by atoms with Gasteiger partial charge < -0.3 is 19.5 Å². The standard InChI is InChI=1S/C32H30N4O4S2/c1-38-27-18-13-22(19-28(27)39-2)20-30-34-35-32(42-21-31(37)33-26-11-7-8-12-29(26)41-3)36(30)23-14-16-25(17-15-23)40-24-9-5-4-6-10-24/h4-19H,20-21H2,1-3H3,(H,33,37). The fourth-order valence-electron chi connectivity index (χ4n) is 4.29. The number of benzene rings is 4. The molecule has 1 heterocycles. The Kier molecular flexibility index (Phi) is 9.68. The molecule has 0 atom stereocenters. The number of anilines is 1. The smallest absolute Gasteiger partial charge is 0.234 e. The number of carbonyl (C=O) groups is 1. The predicted molar refractivity (Wildman–Crippen MR) is 168 cm³/mol. The summed E-state index contributed by atoms with van der Waals surface area (Å²) in [6, 6.07) is 30.9. The molecule has 0 aliphatic heterocycles. The van der Waals surface area contributed by atoms with Gasteiger partial charge in [0.05, 0.1) is 25.7 Å². The number of rotatable bonds is 12. The molecule has 0 saturated heterocycles. The molecule has 42 heavy (non-hydrogen) atoms. The van der Waals surface area contributed by atoms with Crippen LogP contribution in [0.15, 0.2) is 107 Å². The normalized spacial score (nSPS) is 10.7. The third kappa shape index (κ3) is 7.07. The lowest BCUT2D eigenvalue weighted by Gasteiger charge is -2.13. The Labute approximate surface area is 253 Å². The van der Waals surface area contributed by atoms with E-state index < -0.39 is 0 Å². The minimum absolute atomic E-state index is 0.121. The summed E-state index contributed by atoms with van der Waals surface area (Å²) in [5.74, 6) is 3.53. The highest BCUT2D eigenvalue weighted by atomic mass is 32.2. The Morgan fingerprint density at radius 1 is 0.833 bits per heavy atom. The molecule has 0 spiro atoms. The van der Waals surface area contributed by atoms with Crippen LogP contribution in [-0.4, -0.2) is 46.9 Å². The largest absolute Gasteiger partial charge is 0.493 e. The van der Waals surface area contributed by atoms with Gasteiger partial charge >= 0.3 is 0 Å². The monoisotopic (exact) mass is 598 g/mol. The molecule has 8 nitrogen and oxygen atoms in total. The van der Waals surface area contributed by atoms with Gasteiger partial charge in [0.1, 0.15) is 17.3 Å². The number of para-hydroxylation sites is 2. The van der Waals surface area contributed by atoms with Gasteiger partial charge in [0.2, 0.25) is 5.91 Å². The van der Waals surface area contributed by atoms with Gasteiger partial charge in [-0.05, 0) is 72.5 Å². The van der Waals surface area contributed by atoms with Crippen molar-refractivity contribution in [2.75, 3.05) is 31.5 Å². The van der Waals surface area contributed by atoms with Gasteiger partial charge in [0.15, 0.2) is 16.7 Å². The van der Waals surface area contributed by atoms with Crippen LogP contribution in [-0.2, 0) is 11.2 Å². The fraction of sp³-hybridized carbons (Fsp3) is 0.156. The number of nitrogens with one attached hydrogen (secondary N) is 1. The zero-order chi connectivity index (χ0) is 29.3. The molecule has 0 bridgehead atoms. The number of hydrogen-bond donors (Lipinski definition) is 1. The molecule has 0 aliphatic carbocycles. The van der Waals surface area contributed by atoms with Crippen molar-refractivity contribution < 1.29 is 19.0 Å². The molecule has 10 heteroatoms. The Morgan fingerprint density at radius 2 is 1.55 bits per heavy atom. The van der Waals surface area contributed by atoms with E-state index in [0.717, 1.165) is 33.4 Å². The van der Waals surface area contributed by atoms with Crippen LogP contribution < -0.4 is 19.5 Å². The molecular formula is C32H30N4O4S2. The number of methoxy groups -OCH3 is 2. The molecule has 5 aromatic rings. The zero-order valence-corrected chi connectivity index (χ0v) is 25.1. The van der Waals surface area contributed by atoms with Crippen molar-refractivity contribution in [2.45, 2.75) is 16.5 Å². The first kappa shape index (κ1) is 29.1. The van der Waals surface area contributed by atoms with Gasteiger partial charge in [-0.2, -0.15) is 0 Å². The van der Waals surface area contributed by atoms with E-state index in [-0.39, 0.29) is 11.7 Å². The summed E-state index contributed by atoms with van der Waals surface area (Å²) in [7, 11) is 3.22. The number of carbonyl (C=O) groups excluding carboxylic acids is 1. The van der Waals surface area contributed by atoms with Crippen LogP contribution in [0.4, 0.5) is 5.69 Å². The highest BCUT2D eigenvalue weighted by Gasteiger charge is 2.18. The van der Waals surface area contributed by atoms with Gasteiger partial charge in [-0.1, -0.05) is 48.2 Å². The molecule has 0 aliphatic rings. The summed E-state index contributed by atoms with van der Waals surface area (Å²) < 4.78 is 18.8. The van der Waals surface area contributed by atoms with Crippen LogP contribution in [0, 0.1) is 0 Å².